The smallest absolute Gasteiger partial charge is 0.273 e. The monoisotopic (exact) mass is 381 g/mol. The van der Waals surface area contributed by atoms with E-state index in [1.165, 1.54) is 37.0 Å². The summed E-state index contributed by atoms with van der Waals surface area (Å²) in [6.07, 6.45) is 3.85. The lowest BCUT2D eigenvalue weighted by molar-refractivity contribution is -0.385. The number of hydrogen-bond donors (Lipinski definition) is 1. The summed E-state index contributed by atoms with van der Waals surface area (Å²) in [4.78, 5) is 25.5. The van der Waals surface area contributed by atoms with E-state index in [-0.39, 0.29) is 11.6 Å². The summed E-state index contributed by atoms with van der Waals surface area (Å²) >= 11 is 0. The molecule has 0 radical (unpaired) electrons. The lowest BCUT2D eigenvalue weighted by Crippen LogP contribution is -2.36. The second-order valence-electron chi connectivity index (χ2n) is 7.52. The largest absolute Gasteiger partial charge is 0.348 e. The van der Waals surface area contributed by atoms with Gasteiger partial charge in [0.15, 0.2) is 0 Å². The predicted molar refractivity (Wildman–Crippen MR) is 109 cm³/mol. The third-order valence-corrected chi connectivity index (χ3v) is 5.55. The lowest BCUT2D eigenvalue weighted by atomic mass is 10.0. The molecule has 2 aromatic carbocycles. The van der Waals surface area contributed by atoms with Gasteiger partial charge in [-0.05, 0) is 50.4 Å². The first-order chi connectivity index (χ1) is 13.5. The van der Waals surface area contributed by atoms with Crippen molar-refractivity contribution in [3.63, 3.8) is 0 Å². The van der Waals surface area contributed by atoms with E-state index in [1.807, 2.05) is 12.1 Å². The van der Waals surface area contributed by atoms with Gasteiger partial charge in [-0.1, -0.05) is 36.8 Å². The summed E-state index contributed by atoms with van der Waals surface area (Å²) in [5.74, 6) is -0.299. The zero-order valence-electron chi connectivity index (χ0n) is 16.5. The molecule has 28 heavy (non-hydrogen) atoms. The van der Waals surface area contributed by atoms with Crippen LogP contribution in [0.3, 0.4) is 0 Å². The highest BCUT2D eigenvalue weighted by atomic mass is 16.6. The van der Waals surface area contributed by atoms with Gasteiger partial charge in [-0.2, -0.15) is 0 Å². The van der Waals surface area contributed by atoms with Gasteiger partial charge in [0.05, 0.1) is 4.92 Å². The SMILES string of the molecule is Cc1c(C(=O)NCc2ccc(CN3CCCCC3C)cc2)cccc1[N+](=O)[O-]. The maximum Gasteiger partial charge on any atom is 0.273 e. The number of piperidine rings is 1. The molecule has 1 aliphatic rings. The van der Waals surface area contributed by atoms with Gasteiger partial charge in [0, 0.05) is 36.3 Å². The molecule has 0 aliphatic carbocycles. The standard InChI is InChI=1S/C22H27N3O3/c1-16-6-3-4-13-24(16)15-19-11-9-18(10-12-19)14-23-22(26)20-7-5-8-21(17(20)2)25(27)28/h5,7-12,16H,3-4,6,13-15H2,1-2H3,(H,23,26). The van der Waals surface area contributed by atoms with Crippen LogP contribution in [-0.2, 0) is 13.1 Å². The van der Waals surface area contributed by atoms with E-state index in [0.29, 0.717) is 23.7 Å². The van der Waals surface area contributed by atoms with E-state index >= 15 is 0 Å². The first-order valence-electron chi connectivity index (χ1n) is 9.80. The number of nitro groups is 1. The molecule has 2 aromatic rings. The molecule has 1 fully saturated rings. The first-order valence-corrected chi connectivity index (χ1v) is 9.80. The van der Waals surface area contributed by atoms with E-state index in [2.05, 4.69) is 29.3 Å². The van der Waals surface area contributed by atoms with Crippen LogP contribution in [0.5, 0.6) is 0 Å². The fraction of sp³-hybridized carbons (Fsp3) is 0.409. The Morgan fingerprint density at radius 1 is 1.18 bits per heavy atom. The summed E-state index contributed by atoms with van der Waals surface area (Å²) < 4.78 is 0. The lowest BCUT2D eigenvalue weighted by Gasteiger charge is -2.33. The maximum atomic E-state index is 12.4. The number of benzene rings is 2. The van der Waals surface area contributed by atoms with E-state index < -0.39 is 4.92 Å². The minimum Gasteiger partial charge on any atom is -0.348 e. The number of nitrogens with one attached hydrogen (secondary N) is 1. The molecule has 0 saturated carbocycles. The highest BCUT2D eigenvalue weighted by Crippen LogP contribution is 2.21. The van der Waals surface area contributed by atoms with Crippen molar-refractivity contribution in [3.8, 4) is 0 Å². The number of amides is 1. The summed E-state index contributed by atoms with van der Waals surface area (Å²) in [7, 11) is 0. The van der Waals surface area contributed by atoms with Gasteiger partial charge in [0.25, 0.3) is 11.6 Å². The van der Waals surface area contributed by atoms with Crippen molar-refractivity contribution in [2.45, 2.75) is 52.2 Å². The second kappa shape index (κ2) is 8.97. The van der Waals surface area contributed by atoms with Gasteiger partial charge in [0.1, 0.15) is 0 Å². The normalized spacial score (nSPS) is 17.3. The van der Waals surface area contributed by atoms with E-state index in [1.54, 1.807) is 13.0 Å². The number of carbonyl (C=O) groups is 1. The van der Waals surface area contributed by atoms with Crippen LogP contribution in [0.25, 0.3) is 0 Å². The van der Waals surface area contributed by atoms with Crippen molar-refractivity contribution in [2.75, 3.05) is 6.54 Å². The number of nitrogens with zero attached hydrogens (tertiary/aromatic N) is 2. The molecule has 1 unspecified atom stereocenters. The van der Waals surface area contributed by atoms with Crippen molar-refractivity contribution in [3.05, 3.63) is 74.8 Å². The van der Waals surface area contributed by atoms with Crippen molar-refractivity contribution in [1.29, 1.82) is 0 Å². The molecule has 3 rings (SSSR count). The van der Waals surface area contributed by atoms with Gasteiger partial charge in [-0.25, -0.2) is 0 Å². The van der Waals surface area contributed by atoms with Crippen molar-refractivity contribution in [2.24, 2.45) is 0 Å². The van der Waals surface area contributed by atoms with Crippen LogP contribution in [0.4, 0.5) is 5.69 Å². The van der Waals surface area contributed by atoms with Crippen molar-refractivity contribution >= 4 is 11.6 Å². The molecule has 1 heterocycles. The topological polar surface area (TPSA) is 75.5 Å². The highest BCUT2D eigenvalue weighted by molar-refractivity contribution is 5.96. The Morgan fingerprint density at radius 2 is 1.89 bits per heavy atom. The molecule has 1 N–H and O–H groups in total. The minimum absolute atomic E-state index is 0.0380. The van der Waals surface area contributed by atoms with Gasteiger partial charge in [-0.15, -0.1) is 0 Å². The van der Waals surface area contributed by atoms with Crippen LogP contribution < -0.4 is 5.32 Å². The second-order valence-corrected chi connectivity index (χ2v) is 7.52. The third kappa shape index (κ3) is 4.75. The first kappa shape index (κ1) is 20.0. The summed E-state index contributed by atoms with van der Waals surface area (Å²) in [6.45, 7) is 6.39. The number of carbonyl (C=O) groups excluding carboxylic acids is 1. The van der Waals surface area contributed by atoms with E-state index in [0.717, 1.165) is 18.7 Å². The Hall–Kier alpha value is -2.73. The molecule has 6 nitrogen and oxygen atoms in total. The molecular formula is C22H27N3O3. The van der Waals surface area contributed by atoms with E-state index in [9.17, 15) is 14.9 Å². The Bertz CT molecular complexity index is 849. The average Bonchev–Trinajstić information content (AvgIpc) is 2.69. The van der Waals surface area contributed by atoms with Crippen LogP contribution in [-0.4, -0.2) is 28.3 Å². The number of likely N-dealkylation sites (tertiary alicyclic amines) is 1. The molecular weight excluding hydrogens is 354 g/mol. The number of nitro benzene ring substituents is 1. The fourth-order valence-electron chi connectivity index (χ4n) is 3.73. The molecule has 0 bridgehead atoms. The highest BCUT2D eigenvalue weighted by Gasteiger charge is 2.19. The number of rotatable bonds is 6. The molecule has 1 aliphatic heterocycles. The van der Waals surface area contributed by atoms with Crippen molar-refractivity contribution in [1.82, 2.24) is 10.2 Å². The third-order valence-electron chi connectivity index (χ3n) is 5.55. The Kier molecular flexibility index (Phi) is 6.41. The van der Waals surface area contributed by atoms with Crippen LogP contribution in [0.2, 0.25) is 0 Å². The average molecular weight is 381 g/mol. The zero-order chi connectivity index (χ0) is 20.1. The summed E-state index contributed by atoms with van der Waals surface area (Å²) in [6, 6.07) is 13.5. The molecule has 0 spiro atoms. The van der Waals surface area contributed by atoms with E-state index in [4.69, 9.17) is 0 Å². The number of hydrogen-bond acceptors (Lipinski definition) is 4. The van der Waals surface area contributed by atoms with Gasteiger partial charge >= 0.3 is 0 Å². The molecule has 148 valence electrons. The Balaban J connectivity index is 1.58. The quantitative estimate of drug-likeness (QED) is 0.601. The van der Waals surface area contributed by atoms with Crippen LogP contribution in [0, 0.1) is 17.0 Å². The maximum absolute atomic E-state index is 12.4. The fourth-order valence-corrected chi connectivity index (χ4v) is 3.73. The predicted octanol–water partition coefficient (Wildman–Crippen LogP) is 4.21. The van der Waals surface area contributed by atoms with Crippen LogP contribution in [0.15, 0.2) is 42.5 Å². The van der Waals surface area contributed by atoms with Gasteiger partial charge in [-0.3, -0.25) is 19.8 Å². The Labute approximate surface area is 165 Å². The molecule has 1 saturated heterocycles. The summed E-state index contributed by atoms with van der Waals surface area (Å²) in [5, 5.41) is 13.9. The zero-order valence-corrected chi connectivity index (χ0v) is 16.5. The van der Waals surface area contributed by atoms with Crippen LogP contribution in [0.1, 0.15) is 53.2 Å². The molecule has 1 amide bonds. The minimum atomic E-state index is -0.464. The van der Waals surface area contributed by atoms with Gasteiger partial charge < -0.3 is 5.32 Å². The Morgan fingerprint density at radius 3 is 2.57 bits per heavy atom. The van der Waals surface area contributed by atoms with Crippen molar-refractivity contribution < 1.29 is 9.72 Å². The molecule has 6 heteroatoms. The molecule has 1 atom stereocenters. The van der Waals surface area contributed by atoms with Gasteiger partial charge in [0.2, 0.25) is 0 Å². The summed E-state index contributed by atoms with van der Waals surface area (Å²) in [5.41, 5.74) is 2.97. The van der Waals surface area contributed by atoms with Crippen LogP contribution >= 0.6 is 0 Å². The molecule has 0 aromatic heterocycles.